The van der Waals surface area contributed by atoms with Gasteiger partial charge in [-0.25, -0.2) is 0 Å². The van der Waals surface area contributed by atoms with E-state index in [1.807, 2.05) is 37.3 Å². The van der Waals surface area contributed by atoms with Gasteiger partial charge in [-0.1, -0.05) is 48.0 Å². The maximum absolute atomic E-state index is 11.0. The van der Waals surface area contributed by atoms with Gasteiger partial charge in [-0.05, 0) is 36.3 Å². The van der Waals surface area contributed by atoms with Gasteiger partial charge in [0.1, 0.15) is 17.9 Å². The molecule has 2 atom stereocenters. The minimum Gasteiger partial charge on any atom is -0.379 e. The maximum atomic E-state index is 11.0. The molecule has 0 aliphatic carbocycles. The molecule has 5 rings (SSSR count). The lowest BCUT2D eigenvalue weighted by atomic mass is 9.92. The summed E-state index contributed by atoms with van der Waals surface area (Å²) in [5.74, 6) is 1.56. The molecule has 1 saturated heterocycles. The summed E-state index contributed by atoms with van der Waals surface area (Å²) in [5, 5.41) is 20.6. The second-order valence-corrected chi connectivity index (χ2v) is 8.46. The molecule has 31 heavy (non-hydrogen) atoms. The lowest BCUT2D eigenvalue weighted by molar-refractivity contribution is -0.0630. The zero-order valence-electron chi connectivity index (χ0n) is 17.4. The van der Waals surface area contributed by atoms with Crippen LogP contribution in [0.1, 0.15) is 35.1 Å². The van der Waals surface area contributed by atoms with Crippen LogP contribution >= 0.6 is 11.6 Å². The van der Waals surface area contributed by atoms with Crippen molar-refractivity contribution in [1.82, 2.24) is 19.7 Å². The van der Waals surface area contributed by atoms with E-state index in [4.69, 9.17) is 16.3 Å². The Kier molecular flexibility index (Phi) is 5.63. The van der Waals surface area contributed by atoms with Gasteiger partial charge >= 0.3 is 0 Å². The smallest absolute Gasteiger partial charge is 0.144 e. The average molecular weight is 437 g/mol. The number of rotatable bonds is 4. The van der Waals surface area contributed by atoms with Crippen LogP contribution in [0.25, 0.3) is 11.3 Å². The van der Waals surface area contributed by atoms with E-state index in [-0.39, 0.29) is 5.92 Å². The standard InChI is InChI=1S/C24H25ClN4O2/c1-16-26-27-24-18(15-23(30)28-9-11-31-12-10-28)14-21(17-5-4-6-19(25)13-17)20-7-2-3-8-22(20)29(16)24/h2-8,13-14,18,23,30H,9-12,15H2,1H3. The largest absolute Gasteiger partial charge is 0.379 e. The highest BCUT2D eigenvalue weighted by atomic mass is 35.5. The molecular weight excluding hydrogens is 412 g/mol. The molecule has 1 N–H and O–H groups in total. The Morgan fingerprint density at radius 1 is 1.13 bits per heavy atom. The fourth-order valence-electron chi connectivity index (χ4n) is 4.51. The molecular formula is C24H25ClN4O2. The summed E-state index contributed by atoms with van der Waals surface area (Å²) in [5.41, 5.74) is 4.26. The molecule has 0 spiro atoms. The number of hydrogen-bond donors (Lipinski definition) is 1. The van der Waals surface area contributed by atoms with Crippen LogP contribution in [0.2, 0.25) is 5.02 Å². The van der Waals surface area contributed by atoms with E-state index in [9.17, 15) is 5.11 Å². The molecule has 0 amide bonds. The van der Waals surface area contributed by atoms with Crippen LogP contribution in [0.3, 0.4) is 0 Å². The number of aliphatic hydroxyl groups is 1. The highest BCUT2D eigenvalue weighted by Crippen LogP contribution is 2.39. The fourth-order valence-corrected chi connectivity index (χ4v) is 4.70. The first kappa shape index (κ1) is 20.4. The zero-order valence-corrected chi connectivity index (χ0v) is 18.2. The Bertz CT molecular complexity index is 1120. The summed E-state index contributed by atoms with van der Waals surface area (Å²) in [6.07, 6.45) is 2.15. The molecule has 2 aromatic carbocycles. The number of aryl methyl sites for hydroxylation is 1. The van der Waals surface area contributed by atoms with Gasteiger partial charge < -0.3 is 9.84 Å². The number of aliphatic hydroxyl groups excluding tert-OH is 1. The van der Waals surface area contributed by atoms with Gasteiger partial charge in [-0.2, -0.15) is 0 Å². The molecule has 1 aromatic heterocycles. The number of morpholine rings is 1. The number of halogens is 1. The second-order valence-electron chi connectivity index (χ2n) is 8.02. The van der Waals surface area contributed by atoms with Gasteiger partial charge in [0.15, 0.2) is 0 Å². The van der Waals surface area contributed by atoms with Crippen LogP contribution in [0.15, 0.2) is 54.6 Å². The topological polar surface area (TPSA) is 63.4 Å². The third-order valence-electron chi connectivity index (χ3n) is 6.05. The monoisotopic (exact) mass is 436 g/mol. The molecule has 2 aliphatic rings. The SMILES string of the molecule is Cc1nnc2n1-c1ccccc1C(c1cccc(Cl)c1)=CC2CC(O)N1CCOCC1. The Labute approximate surface area is 186 Å². The van der Waals surface area contributed by atoms with Crippen molar-refractivity contribution in [2.45, 2.75) is 25.5 Å². The van der Waals surface area contributed by atoms with Crippen molar-refractivity contribution in [2.24, 2.45) is 0 Å². The molecule has 160 valence electrons. The molecule has 6 nitrogen and oxygen atoms in total. The molecule has 3 heterocycles. The molecule has 0 bridgehead atoms. The molecule has 2 aliphatic heterocycles. The van der Waals surface area contributed by atoms with E-state index < -0.39 is 6.23 Å². The summed E-state index contributed by atoms with van der Waals surface area (Å²) in [7, 11) is 0. The van der Waals surface area contributed by atoms with E-state index in [0.29, 0.717) is 24.7 Å². The van der Waals surface area contributed by atoms with Crippen LogP contribution in [0.5, 0.6) is 0 Å². The normalized spacial score (nSPS) is 19.8. The van der Waals surface area contributed by atoms with Crippen molar-refractivity contribution in [2.75, 3.05) is 26.3 Å². The number of nitrogens with zero attached hydrogens (tertiary/aromatic N) is 4. The van der Waals surface area contributed by atoms with Crippen LogP contribution in [-0.4, -0.2) is 57.3 Å². The first-order chi connectivity index (χ1) is 15.1. The van der Waals surface area contributed by atoms with Gasteiger partial charge in [0.2, 0.25) is 0 Å². The summed E-state index contributed by atoms with van der Waals surface area (Å²) in [6, 6.07) is 16.2. The van der Waals surface area contributed by atoms with E-state index in [1.54, 1.807) is 0 Å². The van der Waals surface area contributed by atoms with Crippen molar-refractivity contribution in [1.29, 1.82) is 0 Å². The fraction of sp³-hybridized carbons (Fsp3) is 0.333. The van der Waals surface area contributed by atoms with E-state index in [0.717, 1.165) is 47.1 Å². The van der Waals surface area contributed by atoms with Crippen LogP contribution in [0.4, 0.5) is 0 Å². The van der Waals surface area contributed by atoms with Crippen molar-refractivity contribution < 1.29 is 9.84 Å². The Morgan fingerprint density at radius 2 is 1.94 bits per heavy atom. The number of aromatic nitrogens is 3. The quantitative estimate of drug-likeness (QED) is 0.674. The zero-order chi connectivity index (χ0) is 21.4. The molecule has 3 aromatic rings. The highest BCUT2D eigenvalue weighted by Gasteiger charge is 2.30. The van der Waals surface area contributed by atoms with Crippen molar-refractivity contribution in [3.05, 3.63) is 82.4 Å². The van der Waals surface area contributed by atoms with Crippen molar-refractivity contribution >= 4 is 17.2 Å². The molecule has 2 unspecified atom stereocenters. The predicted octanol–water partition coefficient (Wildman–Crippen LogP) is 3.80. The molecule has 0 saturated carbocycles. The number of fused-ring (bicyclic) bond motifs is 3. The minimum atomic E-state index is -0.586. The van der Waals surface area contributed by atoms with Gasteiger partial charge in [0, 0.05) is 36.0 Å². The molecule has 1 fully saturated rings. The predicted molar refractivity (Wildman–Crippen MR) is 120 cm³/mol. The van der Waals surface area contributed by atoms with E-state index in [2.05, 4.69) is 43.9 Å². The van der Waals surface area contributed by atoms with Gasteiger partial charge in [0.05, 0.1) is 18.9 Å². The minimum absolute atomic E-state index is 0.111. The van der Waals surface area contributed by atoms with Gasteiger partial charge in [-0.15, -0.1) is 10.2 Å². The Hall–Kier alpha value is -2.51. The third-order valence-corrected chi connectivity index (χ3v) is 6.29. The third kappa shape index (κ3) is 3.92. The number of para-hydroxylation sites is 1. The lowest BCUT2D eigenvalue weighted by Gasteiger charge is -2.32. The van der Waals surface area contributed by atoms with Gasteiger partial charge in [0.25, 0.3) is 0 Å². The molecule has 7 heteroatoms. The van der Waals surface area contributed by atoms with Crippen molar-refractivity contribution in [3.63, 3.8) is 0 Å². The van der Waals surface area contributed by atoms with E-state index in [1.165, 1.54) is 0 Å². The van der Waals surface area contributed by atoms with Crippen LogP contribution < -0.4 is 0 Å². The van der Waals surface area contributed by atoms with Crippen molar-refractivity contribution in [3.8, 4) is 5.69 Å². The Morgan fingerprint density at radius 3 is 2.74 bits per heavy atom. The first-order valence-corrected chi connectivity index (χ1v) is 11.0. The van der Waals surface area contributed by atoms with E-state index >= 15 is 0 Å². The number of allylic oxidation sites excluding steroid dienone is 1. The number of ether oxygens (including phenoxy) is 1. The average Bonchev–Trinajstić information content (AvgIpc) is 3.11. The second kappa shape index (κ2) is 8.55. The molecule has 0 radical (unpaired) electrons. The summed E-state index contributed by atoms with van der Waals surface area (Å²) < 4.78 is 7.56. The van der Waals surface area contributed by atoms with Gasteiger partial charge in [-0.3, -0.25) is 9.47 Å². The Balaban J connectivity index is 1.63. The number of benzene rings is 2. The first-order valence-electron chi connectivity index (χ1n) is 10.6. The maximum Gasteiger partial charge on any atom is 0.144 e. The highest BCUT2D eigenvalue weighted by molar-refractivity contribution is 6.30. The summed E-state index contributed by atoms with van der Waals surface area (Å²) in [6.45, 7) is 4.71. The van der Waals surface area contributed by atoms with Crippen LogP contribution in [0, 0.1) is 6.92 Å². The lowest BCUT2D eigenvalue weighted by Crippen LogP contribution is -2.44. The summed E-state index contributed by atoms with van der Waals surface area (Å²) in [4.78, 5) is 2.07. The number of hydrogen-bond acceptors (Lipinski definition) is 5. The summed E-state index contributed by atoms with van der Waals surface area (Å²) >= 11 is 6.33. The van der Waals surface area contributed by atoms with Crippen LogP contribution in [-0.2, 0) is 4.74 Å².